The summed E-state index contributed by atoms with van der Waals surface area (Å²) in [5, 5.41) is 11.1. The lowest BCUT2D eigenvalue weighted by Crippen LogP contribution is -2.27. The van der Waals surface area contributed by atoms with Gasteiger partial charge in [-0.25, -0.2) is 4.79 Å². The first-order chi connectivity index (χ1) is 13.9. The summed E-state index contributed by atoms with van der Waals surface area (Å²) in [5.74, 6) is 0.359. The van der Waals surface area contributed by atoms with Crippen LogP contribution in [0.3, 0.4) is 0 Å². The number of ether oxygens (including phenoxy) is 1. The van der Waals surface area contributed by atoms with Crippen LogP contribution in [0.15, 0.2) is 37.4 Å². The second-order valence-electron chi connectivity index (χ2n) is 5.83. The molecule has 0 saturated carbocycles. The first kappa shape index (κ1) is 20.7. The summed E-state index contributed by atoms with van der Waals surface area (Å²) < 4.78 is 10.6. The van der Waals surface area contributed by atoms with E-state index in [0.717, 1.165) is 11.8 Å². The molecule has 0 aliphatic rings. The smallest absolute Gasteiger partial charge is 0.325 e. The molecule has 0 bridgehead atoms. The molecule has 0 radical (unpaired) electrons. The molecule has 12 heteroatoms. The van der Waals surface area contributed by atoms with Crippen molar-refractivity contribution in [1.82, 2.24) is 20.2 Å². The zero-order valence-electron chi connectivity index (χ0n) is 15.4. The average molecular weight is 438 g/mol. The van der Waals surface area contributed by atoms with Crippen molar-refractivity contribution in [3.8, 4) is 5.75 Å². The van der Waals surface area contributed by atoms with Crippen molar-refractivity contribution in [3.05, 3.63) is 61.2 Å². The number of H-pyrrole nitrogens is 2. The number of aromatic nitrogens is 4. The summed E-state index contributed by atoms with van der Waals surface area (Å²) in [6.07, 6.45) is 0.0530. The van der Waals surface area contributed by atoms with Gasteiger partial charge in [-0.15, -0.1) is 10.2 Å². The second kappa shape index (κ2) is 8.97. The number of nitrogens with zero attached hydrogens (tertiary/aromatic N) is 2. The fraction of sp³-hybridized carbons (Fsp3) is 0.235. The molecule has 0 spiro atoms. The van der Waals surface area contributed by atoms with E-state index in [-0.39, 0.29) is 29.2 Å². The Morgan fingerprint density at radius 1 is 1.31 bits per heavy atom. The molecule has 2 heterocycles. The highest BCUT2D eigenvalue weighted by Crippen LogP contribution is 2.28. The van der Waals surface area contributed by atoms with Gasteiger partial charge < -0.3 is 19.5 Å². The summed E-state index contributed by atoms with van der Waals surface area (Å²) in [6, 6.07) is 4.88. The van der Waals surface area contributed by atoms with E-state index in [1.165, 1.54) is 7.11 Å². The van der Waals surface area contributed by atoms with Gasteiger partial charge in [-0.1, -0.05) is 23.4 Å². The van der Waals surface area contributed by atoms with Crippen LogP contribution in [0.4, 0.5) is 5.69 Å². The molecule has 152 valence electrons. The number of methoxy groups -OCH3 is 1. The number of amides is 1. The molecule has 2 aromatic heterocycles. The van der Waals surface area contributed by atoms with Crippen molar-refractivity contribution in [2.75, 3.05) is 18.2 Å². The van der Waals surface area contributed by atoms with Gasteiger partial charge in [-0.05, 0) is 25.1 Å². The summed E-state index contributed by atoms with van der Waals surface area (Å²) in [5.41, 5.74) is 0.0788. The molecule has 0 aliphatic carbocycles. The maximum absolute atomic E-state index is 12.2. The Morgan fingerprint density at radius 3 is 2.83 bits per heavy atom. The number of anilines is 1. The number of hydrogen-bond acceptors (Lipinski definition) is 8. The number of thioether (sulfide) groups is 1. The molecule has 0 fully saturated rings. The van der Waals surface area contributed by atoms with Gasteiger partial charge in [-0.2, -0.15) is 0 Å². The topological polar surface area (TPSA) is 143 Å². The zero-order valence-corrected chi connectivity index (χ0v) is 16.9. The van der Waals surface area contributed by atoms with Gasteiger partial charge in [0.2, 0.25) is 11.8 Å². The minimum Gasteiger partial charge on any atom is -0.495 e. The molecule has 3 rings (SSSR count). The highest BCUT2D eigenvalue weighted by molar-refractivity contribution is 7.99. The van der Waals surface area contributed by atoms with Gasteiger partial charge in [-0.3, -0.25) is 14.6 Å². The van der Waals surface area contributed by atoms with Crippen molar-refractivity contribution >= 4 is 35.0 Å². The van der Waals surface area contributed by atoms with Crippen molar-refractivity contribution in [1.29, 1.82) is 0 Å². The van der Waals surface area contributed by atoms with Crippen LogP contribution < -0.4 is 21.3 Å². The van der Waals surface area contributed by atoms with Gasteiger partial charge in [0.25, 0.3) is 10.8 Å². The Hall–Kier alpha value is -3.05. The van der Waals surface area contributed by atoms with E-state index >= 15 is 0 Å². The van der Waals surface area contributed by atoms with E-state index in [2.05, 4.69) is 25.5 Å². The highest BCUT2D eigenvalue weighted by atomic mass is 35.5. The van der Waals surface area contributed by atoms with E-state index in [4.69, 9.17) is 20.8 Å². The summed E-state index contributed by atoms with van der Waals surface area (Å²) in [6.45, 7) is 1.60. The molecule has 0 saturated heterocycles. The highest BCUT2D eigenvalue weighted by Gasteiger charge is 2.15. The molecular weight excluding hydrogens is 422 g/mol. The number of halogens is 1. The molecule has 0 atom stereocenters. The molecule has 0 unspecified atom stereocenters. The van der Waals surface area contributed by atoms with Crippen LogP contribution in [0.1, 0.15) is 17.1 Å². The lowest BCUT2D eigenvalue weighted by molar-refractivity contribution is -0.113. The molecule has 0 aliphatic heterocycles. The number of benzene rings is 1. The summed E-state index contributed by atoms with van der Waals surface area (Å²) in [7, 11) is 1.49. The lowest BCUT2D eigenvalue weighted by Gasteiger charge is -2.09. The number of carbonyl (C=O) groups excluding carboxylic acids is 1. The SMILES string of the molecule is COc1ccc(Cl)cc1NC(=O)CSc1nnc(Cc2c(C)[nH]c(=O)[nH]c2=O)o1. The number of nitrogens with one attached hydrogen (secondary N) is 3. The van der Waals surface area contributed by atoms with E-state index in [9.17, 15) is 14.4 Å². The predicted octanol–water partition coefficient (Wildman–Crippen LogP) is 1.74. The van der Waals surface area contributed by atoms with Gasteiger partial charge in [0.05, 0.1) is 25.0 Å². The number of aromatic amines is 2. The molecule has 3 N–H and O–H groups in total. The second-order valence-corrected chi connectivity index (χ2v) is 7.19. The van der Waals surface area contributed by atoms with E-state index in [1.54, 1.807) is 25.1 Å². The number of hydrogen-bond donors (Lipinski definition) is 3. The standard InChI is InChI=1S/C17H16ClN5O5S/c1-8-10(15(25)21-16(26)19-8)6-14-22-23-17(28-14)29-7-13(24)20-11-5-9(18)3-4-12(11)27-2/h3-5H,6-7H2,1-2H3,(H,20,24)(H2,19,21,25,26). The summed E-state index contributed by atoms with van der Waals surface area (Å²) in [4.78, 5) is 40.0. The van der Waals surface area contributed by atoms with Gasteiger partial charge in [0.1, 0.15) is 5.75 Å². The molecular formula is C17H16ClN5O5S. The Morgan fingerprint density at radius 2 is 2.10 bits per heavy atom. The molecule has 1 aromatic carbocycles. The molecule has 29 heavy (non-hydrogen) atoms. The molecule has 10 nitrogen and oxygen atoms in total. The zero-order chi connectivity index (χ0) is 21.0. The third-order valence-corrected chi connectivity index (χ3v) is 4.85. The lowest BCUT2D eigenvalue weighted by atomic mass is 10.2. The first-order valence-corrected chi connectivity index (χ1v) is 9.62. The van der Waals surface area contributed by atoms with Crippen molar-refractivity contribution in [3.63, 3.8) is 0 Å². The minimum atomic E-state index is -0.583. The van der Waals surface area contributed by atoms with Gasteiger partial charge in [0.15, 0.2) is 0 Å². The number of aryl methyl sites for hydroxylation is 1. The normalized spacial score (nSPS) is 10.7. The van der Waals surface area contributed by atoms with Crippen LogP contribution in [-0.4, -0.2) is 38.9 Å². The minimum absolute atomic E-state index is 0.00949. The maximum atomic E-state index is 12.2. The van der Waals surface area contributed by atoms with Crippen LogP contribution in [-0.2, 0) is 11.2 Å². The van der Waals surface area contributed by atoms with E-state index in [0.29, 0.717) is 27.7 Å². The average Bonchev–Trinajstić information content (AvgIpc) is 3.11. The van der Waals surface area contributed by atoms with Crippen molar-refractivity contribution in [2.24, 2.45) is 0 Å². The number of rotatable bonds is 7. The fourth-order valence-electron chi connectivity index (χ4n) is 2.45. The first-order valence-electron chi connectivity index (χ1n) is 8.26. The number of carbonyl (C=O) groups is 1. The van der Waals surface area contributed by atoms with Crippen LogP contribution >= 0.6 is 23.4 Å². The maximum Gasteiger partial charge on any atom is 0.325 e. The monoisotopic (exact) mass is 437 g/mol. The largest absolute Gasteiger partial charge is 0.495 e. The van der Waals surface area contributed by atoms with Gasteiger partial charge in [0, 0.05) is 16.3 Å². The third-order valence-electron chi connectivity index (χ3n) is 3.79. The Bertz CT molecular complexity index is 1160. The Labute approximate surface area is 173 Å². The predicted molar refractivity (Wildman–Crippen MR) is 107 cm³/mol. The third kappa shape index (κ3) is 5.27. The quantitative estimate of drug-likeness (QED) is 0.474. The van der Waals surface area contributed by atoms with E-state index in [1.807, 2.05) is 0 Å². The fourth-order valence-corrected chi connectivity index (χ4v) is 3.20. The van der Waals surface area contributed by atoms with Crippen LogP contribution in [0.25, 0.3) is 0 Å². The van der Waals surface area contributed by atoms with Crippen LogP contribution in [0.5, 0.6) is 5.75 Å². The van der Waals surface area contributed by atoms with E-state index < -0.39 is 11.2 Å². The molecule has 3 aromatic rings. The van der Waals surface area contributed by atoms with Crippen LogP contribution in [0, 0.1) is 6.92 Å². The van der Waals surface area contributed by atoms with Crippen LogP contribution in [0.2, 0.25) is 5.02 Å². The Kier molecular flexibility index (Phi) is 6.39. The van der Waals surface area contributed by atoms with Crippen molar-refractivity contribution < 1.29 is 13.9 Å². The van der Waals surface area contributed by atoms with Crippen molar-refractivity contribution in [2.45, 2.75) is 18.6 Å². The van der Waals surface area contributed by atoms with Gasteiger partial charge >= 0.3 is 5.69 Å². The molecule has 1 amide bonds. The Balaban J connectivity index is 1.61. The summed E-state index contributed by atoms with van der Waals surface area (Å²) >= 11 is 6.98.